The second-order valence-corrected chi connectivity index (χ2v) is 6.04. The predicted octanol–water partition coefficient (Wildman–Crippen LogP) is 6.15. The summed E-state index contributed by atoms with van der Waals surface area (Å²) in [6, 6.07) is 27.2. The smallest absolute Gasteiger partial charge is 0.0992 e. The highest BCUT2D eigenvalue weighted by Gasteiger charge is 2.12. The molecular formula is C23H22N2. The van der Waals surface area contributed by atoms with Crippen molar-refractivity contribution >= 4 is 17.1 Å². The SMILES string of the molecule is CCc1ccc(N(c2ccc(CC)cc2)c2cccc(C#N)c2)cc1. The van der Waals surface area contributed by atoms with Crippen molar-refractivity contribution in [3.8, 4) is 6.07 Å². The number of hydrogen-bond acceptors (Lipinski definition) is 2. The van der Waals surface area contributed by atoms with Crippen molar-refractivity contribution in [2.24, 2.45) is 0 Å². The summed E-state index contributed by atoms with van der Waals surface area (Å²) in [6.07, 6.45) is 2.05. The lowest BCUT2D eigenvalue weighted by atomic mass is 10.1. The third-order valence-corrected chi connectivity index (χ3v) is 4.44. The van der Waals surface area contributed by atoms with Gasteiger partial charge < -0.3 is 4.90 Å². The van der Waals surface area contributed by atoms with Crippen molar-refractivity contribution < 1.29 is 0 Å². The standard InChI is InChI=1S/C23H22N2/c1-3-18-8-12-21(13-9-18)25(22-14-10-19(4-2)11-15-22)23-7-5-6-20(16-23)17-24/h5-16H,3-4H2,1-2H3. The van der Waals surface area contributed by atoms with Crippen LogP contribution < -0.4 is 4.90 Å². The Bertz CT molecular complexity index is 824. The second-order valence-electron chi connectivity index (χ2n) is 6.04. The molecule has 3 aromatic rings. The number of rotatable bonds is 5. The molecule has 0 bridgehead atoms. The molecule has 0 spiro atoms. The summed E-state index contributed by atoms with van der Waals surface area (Å²) >= 11 is 0. The molecule has 0 unspecified atom stereocenters. The first-order valence-corrected chi connectivity index (χ1v) is 8.73. The van der Waals surface area contributed by atoms with Gasteiger partial charge in [-0.2, -0.15) is 5.26 Å². The van der Waals surface area contributed by atoms with Crippen molar-refractivity contribution in [2.45, 2.75) is 26.7 Å². The molecule has 0 fully saturated rings. The maximum atomic E-state index is 9.25. The zero-order chi connectivity index (χ0) is 17.6. The largest absolute Gasteiger partial charge is 0.310 e. The van der Waals surface area contributed by atoms with Crippen LogP contribution in [-0.2, 0) is 12.8 Å². The van der Waals surface area contributed by atoms with Gasteiger partial charge in [0.25, 0.3) is 0 Å². The Hall–Kier alpha value is -3.05. The van der Waals surface area contributed by atoms with Gasteiger partial charge in [0.2, 0.25) is 0 Å². The minimum absolute atomic E-state index is 0.665. The molecule has 0 aliphatic rings. The highest BCUT2D eigenvalue weighted by Crippen LogP contribution is 2.35. The van der Waals surface area contributed by atoms with Crippen LogP contribution in [0.3, 0.4) is 0 Å². The molecule has 0 atom stereocenters. The second kappa shape index (κ2) is 7.68. The zero-order valence-electron chi connectivity index (χ0n) is 14.7. The number of aryl methyl sites for hydroxylation is 2. The van der Waals surface area contributed by atoms with Crippen LogP contribution in [0.2, 0.25) is 0 Å². The fourth-order valence-corrected chi connectivity index (χ4v) is 2.92. The van der Waals surface area contributed by atoms with Gasteiger partial charge in [0.15, 0.2) is 0 Å². The molecule has 0 N–H and O–H groups in total. The summed E-state index contributed by atoms with van der Waals surface area (Å²) < 4.78 is 0. The van der Waals surface area contributed by atoms with Crippen LogP contribution in [0.4, 0.5) is 17.1 Å². The lowest BCUT2D eigenvalue weighted by Crippen LogP contribution is -2.10. The van der Waals surface area contributed by atoms with Crippen molar-refractivity contribution in [2.75, 3.05) is 4.90 Å². The van der Waals surface area contributed by atoms with E-state index in [0.717, 1.165) is 29.9 Å². The van der Waals surface area contributed by atoms with Gasteiger partial charge in [-0.25, -0.2) is 0 Å². The maximum Gasteiger partial charge on any atom is 0.0992 e. The monoisotopic (exact) mass is 326 g/mol. The van der Waals surface area contributed by atoms with Crippen LogP contribution in [0, 0.1) is 11.3 Å². The van der Waals surface area contributed by atoms with E-state index in [1.165, 1.54) is 11.1 Å². The van der Waals surface area contributed by atoms with E-state index in [0.29, 0.717) is 5.56 Å². The van der Waals surface area contributed by atoms with Gasteiger partial charge in [-0.15, -0.1) is 0 Å². The van der Waals surface area contributed by atoms with Crippen molar-refractivity contribution in [1.82, 2.24) is 0 Å². The van der Waals surface area contributed by atoms with Gasteiger partial charge >= 0.3 is 0 Å². The number of nitriles is 1. The lowest BCUT2D eigenvalue weighted by molar-refractivity contribution is 1.13. The highest BCUT2D eigenvalue weighted by molar-refractivity contribution is 5.77. The molecule has 0 aliphatic carbocycles. The first-order valence-electron chi connectivity index (χ1n) is 8.73. The van der Waals surface area contributed by atoms with E-state index in [2.05, 4.69) is 73.3 Å². The average Bonchev–Trinajstić information content (AvgIpc) is 2.69. The van der Waals surface area contributed by atoms with Crippen molar-refractivity contribution in [3.05, 3.63) is 89.5 Å². The predicted molar refractivity (Wildman–Crippen MR) is 105 cm³/mol. The van der Waals surface area contributed by atoms with Gasteiger partial charge in [0, 0.05) is 17.1 Å². The van der Waals surface area contributed by atoms with E-state index >= 15 is 0 Å². The normalized spacial score (nSPS) is 10.3. The van der Waals surface area contributed by atoms with Crippen LogP contribution in [-0.4, -0.2) is 0 Å². The van der Waals surface area contributed by atoms with Crippen molar-refractivity contribution in [3.63, 3.8) is 0 Å². The van der Waals surface area contributed by atoms with Gasteiger partial charge in [-0.05, 0) is 66.4 Å². The average molecular weight is 326 g/mol. The molecule has 0 amide bonds. The Labute approximate surface area is 150 Å². The molecule has 0 radical (unpaired) electrons. The molecule has 124 valence electrons. The van der Waals surface area contributed by atoms with Crippen LogP contribution in [0.15, 0.2) is 72.8 Å². The minimum Gasteiger partial charge on any atom is -0.310 e. The van der Waals surface area contributed by atoms with E-state index < -0.39 is 0 Å². The summed E-state index contributed by atoms with van der Waals surface area (Å²) in [5.41, 5.74) is 6.48. The molecule has 3 aromatic carbocycles. The number of benzene rings is 3. The molecular weight excluding hydrogens is 304 g/mol. The Morgan fingerprint density at radius 1 is 0.720 bits per heavy atom. The van der Waals surface area contributed by atoms with Crippen LogP contribution in [0.1, 0.15) is 30.5 Å². The first kappa shape index (κ1) is 16.8. The Kier molecular flexibility index (Phi) is 5.16. The van der Waals surface area contributed by atoms with E-state index in [-0.39, 0.29) is 0 Å². The first-order chi connectivity index (χ1) is 12.2. The van der Waals surface area contributed by atoms with Crippen LogP contribution >= 0.6 is 0 Å². The summed E-state index contributed by atoms with van der Waals surface area (Å²) in [5.74, 6) is 0. The zero-order valence-corrected chi connectivity index (χ0v) is 14.7. The van der Waals surface area contributed by atoms with E-state index in [4.69, 9.17) is 0 Å². The van der Waals surface area contributed by atoms with Crippen molar-refractivity contribution in [1.29, 1.82) is 5.26 Å². The molecule has 0 aromatic heterocycles. The molecule has 0 aliphatic heterocycles. The quantitative estimate of drug-likeness (QED) is 0.562. The summed E-state index contributed by atoms with van der Waals surface area (Å²) in [4.78, 5) is 2.19. The Morgan fingerprint density at radius 3 is 1.68 bits per heavy atom. The molecule has 2 nitrogen and oxygen atoms in total. The number of hydrogen-bond donors (Lipinski definition) is 0. The number of anilines is 3. The molecule has 3 rings (SSSR count). The van der Waals surface area contributed by atoms with E-state index in [1.54, 1.807) is 0 Å². The molecule has 0 heterocycles. The fourth-order valence-electron chi connectivity index (χ4n) is 2.92. The fraction of sp³-hybridized carbons (Fsp3) is 0.174. The topological polar surface area (TPSA) is 27.0 Å². The third kappa shape index (κ3) is 3.72. The molecule has 0 saturated carbocycles. The third-order valence-electron chi connectivity index (χ3n) is 4.44. The van der Waals surface area contributed by atoms with Gasteiger partial charge in [-0.1, -0.05) is 44.2 Å². The lowest BCUT2D eigenvalue weighted by Gasteiger charge is -2.26. The Morgan fingerprint density at radius 2 is 1.24 bits per heavy atom. The molecule has 0 saturated heterocycles. The summed E-state index contributed by atoms with van der Waals surface area (Å²) in [7, 11) is 0. The van der Waals surface area contributed by atoms with Gasteiger partial charge in [-0.3, -0.25) is 0 Å². The number of nitrogens with zero attached hydrogens (tertiary/aromatic N) is 2. The maximum absolute atomic E-state index is 9.25. The minimum atomic E-state index is 0.665. The van der Waals surface area contributed by atoms with Crippen LogP contribution in [0.25, 0.3) is 0 Å². The van der Waals surface area contributed by atoms with Gasteiger partial charge in [0.1, 0.15) is 0 Å². The van der Waals surface area contributed by atoms with Crippen LogP contribution in [0.5, 0.6) is 0 Å². The summed E-state index contributed by atoms with van der Waals surface area (Å²) in [6.45, 7) is 4.32. The molecule has 2 heteroatoms. The highest BCUT2D eigenvalue weighted by atomic mass is 15.1. The van der Waals surface area contributed by atoms with E-state index in [1.807, 2.05) is 24.3 Å². The van der Waals surface area contributed by atoms with Gasteiger partial charge in [0.05, 0.1) is 11.6 Å². The summed E-state index contributed by atoms with van der Waals surface area (Å²) in [5, 5.41) is 9.25. The van der Waals surface area contributed by atoms with E-state index in [9.17, 15) is 5.26 Å². The molecule has 25 heavy (non-hydrogen) atoms. The Balaban J connectivity index is 2.10.